The number of carbonyl (C=O) groups excluding carboxylic acids is 2. The van der Waals surface area contributed by atoms with Crippen LogP contribution in [0.15, 0.2) is 0 Å². The third-order valence-electron chi connectivity index (χ3n) is 3.13. The van der Waals surface area contributed by atoms with Crippen molar-refractivity contribution in [2.45, 2.75) is 33.2 Å². The Hall–Kier alpha value is -1.58. The van der Waals surface area contributed by atoms with Crippen LogP contribution in [0.1, 0.15) is 45.4 Å². The van der Waals surface area contributed by atoms with E-state index >= 15 is 0 Å². The highest BCUT2D eigenvalue weighted by molar-refractivity contribution is 6.01. The second kappa shape index (κ2) is 3.77. The average Bonchev–Trinajstić information content (AvgIpc) is 2.75. The molecule has 0 saturated heterocycles. The van der Waals surface area contributed by atoms with E-state index in [9.17, 15) is 9.59 Å². The molecule has 1 aliphatic heterocycles. The number of rotatable bonds is 2. The van der Waals surface area contributed by atoms with Crippen molar-refractivity contribution >= 4 is 11.8 Å². The van der Waals surface area contributed by atoms with E-state index in [0.29, 0.717) is 11.3 Å². The van der Waals surface area contributed by atoms with Crippen LogP contribution < -0.4 is 0 Å². The van der Waals surface area contributed by atoms with Gasteiger partial charge in [0.1, 0.15) is 0 Å². The van der Waals surface area contributed by atoms with Crippen molar-refractivity contribution in [3.05, 3.63) is 22.5 Å². The lowest BCUT2D eigenvalue weighted by Crippen LogP contribution is -2.05. The Balaban J connectivity index is 2.67. The van der Waals surface area contributed by atoms with Crippen molar-refractivity contribution in [3.8, 4) is 0 Å². The third kappa shape index (κ3) is 1.37. The van der Waals surface area contributed by atoms with Crippen LogP contribution in [0.5, 0.6) is 0 Å². The smallest absolute Gasteiger partial charge is 0.339 e. The summed E-state index contributed by atoms with van der Waals surface area (Å²) in [5, 5.41) is 0. The van der Waals surface area contributed by atoms with Gasteiger partial charge >= 0.3 is 5.97 Å². The summed E-state index contributed by atoms with van der Waals surface area (Å²) in [5.41, 5.74) is 2.96. The Morgan fingerprint density at radius 1 is 1.38 bits per heavy atom. The SMILES string of the molecule is COC(=O)c1c(C)c(C(C)=O)n2c1CCC2. The van der Waals surface area contributed by atoms with E-state index in [4.69, 9.17) is 4.74 Å². The molecular weight excluding hydrogens is 206 g/mol. The van der Waals surface area contributed by atoms with E-state index in [1.165, 1.54) is 14.0 Å². The molecule has 2 heterocycles. The number of fused-ring (bicyclic) bond motifs is 1. The zero-order valence-electron chi connectivity index (χ0n) is 9.79. The molecule has 0 aromatic carbocycles. The van der Waals surface area contributed by atoms with Crippen LogP contribution in [0.4, 0.5) is 0 Å². The van der Waals surface area contributed by atoms with Crippen molar-refractivity contribution in [2.75, 3.05) is 7.11 Å². The maximum Gasteiger partial charge on any atom is 0.339 e. The van der Waals surface area contributed by atoms with E-state index in [1.54, 1.807) is 0 Å². The van der Waals surface area contributed by atoms with Gasteiger partial charge in [-0.25, -0.2) is 4.79 Å². The Labute approximate surface area is 94.2 Å². The van der Waals surface area contributed by atoms with Gasteiger partial charge in [0.2, 0.25) is 0 Å². The molecule has 0 unspecified atom stereocenters. The summed E-state index contributed by atoms with van der Waals surface area (Å²) < 4.78 is 6.73. The van der Waals surface area contributed by atoms with Crippen LogP contribution in [0.25, 0.3) is 0 Å². The highest BCUT2D eigenvalue weighted by Crippen LogP contribution is 2.29. The minimum atomic E-state index is -0.337. The second-order valence-electron chi connectivity index (χ2n) is 4.10. The van der Waals surface area contributed by atoms with Crippen molar-refractivity contribution in [1.82, 2.24) is 4.57 Å². The van der Waals surface area contributed by atoms with Crippen molar-refractivity contribution in [3.63, 3.8) is 0 Å². The fourth-order valence-corrected chi connectivity index (χ4v) is 2.55. The maximum absolute atomic E-state index is 11.7. The predicted octanol–water partition coefficient (Wildman–Crippen LogP) is 1.73. The van der Waals surface area contributed by atoms with Gasteiger partial charge in [-0.1, -0.05) is 0 Å². The number of methoxy groups -OCH3 is 1. The number of ether oxygens (including phenoxy) is 1. The average molecular weight is 221 g/mol. The minimum absolute atomic E-state index is 0.0100. The molecule has 0 spiro atoms. The van der Waals surface area contributed by atoms with Gasteiger partial charge in [0.25, 0.3) is 0 Å². The molecule has 4 heteroatoms. The Morgan fingerprint density at radius 3 is 2.62 bits per heavy atom. The molecule has 0 bridgehead atoms. The lowest BCUT2D eigenvalue weighted by molar-refractivity contribution is 0.0599. The molecule has 0 aliphatic carbocycles. The summed E-state index contributed by atoms with van der Waals surface area (Å²) in [7, 11) is 1.37. The van der Waals surface area contributed by atoms with E-state index in [2.05, 4.69) is 0 Å². The van der Waals surface area contributed by atoms with E-state index in [0.717, 1.165) is 30.6 Å². The number of hydrogen-bond acceptors (Lipinski definition) is 3. The maximum atomic E-state index is 11.7. The van der Waals surface area contributed by atoms with Crippen molar-refractivity contribution < 1.29 is 14.3 Å². The zero-order chi connectivity index (χ0) is 11.9. The number of esters is 1. The molecule has 0 saturated carbocycles. The molecule has 1 aliphatic rings. The van der Waals surface area contributed by atoms with Gasteiger partial charge in [0.05, 0.1) is 18.4 Å². The summed E-state index contributed by atoms with van der Waals surface area (Å²) in [5.74, 6) is -0.327. The van der Waals surface area contributed by atoms with Crippen LogP contribution in [0.3, 0.4) is 0 Å². The lowest BCUT2D eigenvalue weighted by atomic mass is 10.1. The molecule has 0 N–H and O–H groups in total. The number of ketones is 1. The van der Waals surface area contributed by atoms with Crippen LogP contribution >= 0.6 is 0 Å². The third-order valence-corrected chi connectivity index (χ3v) is 3.13. The van der Waals surface area contributed by atoms with Crippen LogP contribution in [-0.2, 0) is 17.7 Å². The van der Waals surface area contributed by atoms with Gasteiger partial charge in [-0.15, -0.1) is 0 Å². The quantitative estimate of drug-likeness (QED) is 0.564. The molecule has 0 fully saturated rings. The largest absolute Gasteiger partial charge is 0.465 e. The summed E-state index contributed by atoms with van der Waals surface area (Å²) >= 11 is 0. The minimum Gasteiger partial charge on any atom is -0.465 e. The monoisotopic (exact) mass is 221 g/mol. The Bertz CT molecular complexity index is 471. The highest BCUT2D eigenvalue weighted by atomic mass is 16.5. The number of nitrogens with zero attached hydrogens (tertiary/aromatic N) is 1. The molecule has 1 aromatic rings. The first kappa shape index (κ1) is 10.9. The first-order chi connectivity index (χ1) is 7.57. The van der Waals surface area contributed by atoms with Crippen LogP contribution in [0.2, 0.25) is 0 Å². The van der Waals surface area contributed by atoms with Gasteiger partial charge < -0.3 is 9.30 Å². The van der Waals surface area contributed by atoms with E-state index < -0.39 is 0 Å². The number of Topliss-reactive ketones (excluding diaryl/α,β-unsaturated/α-hetero) is 1. The molecule has 0 radical (unpaired) electrons. The van der Waals surface area contributed by atoms with Gasteiger partial charge in [-0.05, 0) is 25.3 Å². The number of hydrogen-bond donors (Lipinski definition) is 0. The van der Waals surface area contributed by atoms with E-state index in [1.807, 2.05) is 11.5 Å². The fraction of sp³-hybridized carbons (Fsp3) is 0.500. The Kier molecular flexibility index (Phi) is 2.58. The standard InChI is InChI=1S/C12H15NO3/c1-7-10(12(15)16-3)9-5-4-6-13(9)11(7)8(2)14/h4-6H2,1-3H3. The lowest BCUT2D eigenvalue weighted by Gasteiger charge is -2.02. The summed E-state index contributed by atoms with van der Waals surface area (Å²) in [6.07, 6.45) is 1.83. The summed E-state index contributed by atoms with van der Waals surface area (Å²) in [6.45, 7) is 4.17. The van der Waals surface area contributed by atoms with Gasteiger partial charge in [0.15, 0.2) is 5.78 Å². The predicted molar refractivity (Wildman–Crippen MR) is 58.8 cm³/mol. The Morgan fingerprint density at radius 2 is 2.06 bits per heavy atom. The number of carbonyl (C=O) groups is 2. The second-order valence-corrected chi connectivity index (χ2v) is 4.10. The fourth-order valence-electron chi connectivity index (χ4n) is 2.55. The van der Waals surface area contributed by atoms with Crippen molar-refractivity contribution in [2.24, 2.45) is 0 Å². The normalized spacial score (nSPS) is 13.7. The van der Waals surface area contributed by atoms with Crippen molar-refractivity contribution in [1.29, 1.82) is 0 Å². The molecule has 2 rings (SSSR count). The molecule has 4 nitrogen and oxygen atoms in total. The molecular formula is C12H15NO3. The number of aromatic nitrogens is 1. The summed E-state index contributed by atoms with van der Waals surface area (Å²) in [6, 6.07) is 0. The molecule has 16 heavy (non-hydrogen) atoms. The summed E-state index contributed by atoms with van der Waals surface area (Å²) in [4.78, 5) is 23.3. The van der Waals surface area contributed by atoms with Gasteiger partial charge in [-0.3, -0.25) is 4.79 Å². The van der Waals surface area contributed by atoms with E-state index in [-0.39, 0.29) is 11.8 Å². The van der Waals surface area contributed by atoms with Crippen LogP contribution in [0, 0.1) is 6.92 Å². The van der Waals surface area contributed by atoms with Gasteiger partial charge in [-0.2, -0.15) is 0 Å². The zero-order valence-corrected chi connectivity index (χ0v) is 9.79. The topological polar surface area (TPSA) is 48.3 Å². The molecule has 1 aromatic heterocycles. The van der Waals surface area contributed by atoms with Crippen LogP contribution in [-0.4, -0.2) is 23.4 Å². The molecule has 0 atom stereocenters. The highest BCUT2D eigenvalue weighted by Gasteiger charge is 2.29. The van der Waals surface area contributed by atoms with Gasteiger partial charge in [0, 0.05) is 19.2 Å². The molecule has 86 valence electrons. The first-order valence-corrected chi connectivity index (χ1v) is 5.39. The first-order valence-electron chi connectivity index (χ1n) is 5.39. The molecule has 0 amide bonds.